The van der Waals surface area contributed by atoms with E-state index >= 15 is 0 Å². The van der Waals surface area contributed by atoms with Gasteiger partial charge < -0.3 is 10.2 Å². The Balaban J connectivity index is 1.82. The summed E-state index contributed by atoms with van der Waals surface area (Å²) in [5.74, 6) is 0. The zero-order chi connectivity index (χ0) is 13.7. The quantitative estimate of drug-likeness (QED) is 0.901. The monoisotopic (exact) mass is 272 g/mol. The summed E-state index contributed by atoms with van der Waals surface area (Å²) >= 11 is 0. The lowest BCUT2D eigenvalue weighted by Crippen LogP contribution is -2.33. The Morgan fingerprint density at radius 2 is 1.84 bits per heavy atom. The molecule has 1 aliphatic heterocycles. The molecule has 1 aromatic carbocycles. The third-order valence-corrected chi connectivity index (χ3v) is 3.40. The molecule has 1 aliphatic rings. The van der Waals surface area contributed by atoms with Gasteiger partial charge in [-0.2, -0.15) is 13.2 Å². The minimum atomic E-state index is -4.27. The lowest BCUT2D eigenvalue weighted by atomic mass is 10.1. The third kappa shape index (κ3) is 4.42. The molecule has 0 amide bonds. The van der Waals surface area contributed by atoms with Gasteiger partial charge in [0.05, 0.1) is 5.56 Å². The van der Waals surface area contributed by atoms with E-state index in [1.165, 1.54) is 25.3 Å². The van der Waals surface area contributed by atoms with Crippen LogP contribution < -0.4 is 5.32 Å². The molecule has 0 unspecified atom stereocenters. The van der Waals surface area contributed by atoms with Crippen molar-refractivity contribution in [2.45, 2.75) is 25.4 Å². The van der Waals surface area contributed by atoms with Gasteiger partial charge in [0, 0.05) is 18.8 Å². The number of piperidine rings is 1. The van der Waals surface area contributed by atoms with Gasteiger partial charge in [-0.3, -0.25) is 0 Å². The maximum absolute atomic E-state index is 12.5. The lowest BCUT2D eigenvalue weighted by Gasteiger charge is -2.26. The Hall–Kier alpha value is -1.23. The summed E-state index contributed by atoms with van der Waals surface area (Å²) in [5, 5.41) is 3.06. The molecule has 1 fully saturated rings. The van der Waals surface area contributed by atoms with Crippen molar-refractivity contribution < 1.29 is 13.2 Å². The average Bonchev–Trinajstić information content (AvgIpc) is 2.39. The van der Waals surface area contributed by atoms with Gasteiger partial charge in [0.25, 0.3) is 0 Å². The van der Waals surface area contributed by atoms with Crippen LogP contribution in [0.2, 0.25) is 0 Å². The Labute approximate surface area is 111 Å². The summed E-state index contributed by atoms with van der Waals surface area (Å²) in [7, 11) is 0. The van der Waals surface area contributed by atoms with Gasteiger partial charge in [-0.15, -0.1) is 0 Å². The van der Waals surface area contributed by atoms with Gasteiger partial charge in [0.2, 0.25) is 0 Å². The number of anilines is 1. The van der Waals surface area contributed by atoms with Crippen LogP contribution in [0.1, 0.15) is 24.8 Å². The second-order valence-corrected chi connectivity index (χ2v) is 4.91. The van der Waals surface area contributed by atoms with E-state index in [0.717, 1.165) is 31.8 Å². The Bertz CT molecular complexity index is 398. The van der Waals surface area contributed by atoms with Crippen molar-refractivity contribution in [1.82, 2.24) is 4.90 Å². The van der Waals surface area contributed by atoms with Crippen LogP contribution in [0.5, 0.6) is 0 Å². The molecule has 0 radical (unpaired) electrons. The summed E-state index contributed by atoms with van der Waals surface area (Å²) in [6, 6.07) is 5.36. The number of nitrogens with one attached hydrogen (secondary N) is 1. The molecule has 1 heterocycles. The average molecular weight is 272 g/mol. The zero-order valence-electron chi connectivity index (χ0n) is 10.8. The number of benzene rings is 1. The molecule has 0 bridgehead atoms. The van der Waals surface area contributed by atoms with Crippen LogP contribution in [-0.4, -0.2) is 31.1 Å². The first-order chi connectivity index (χ1) is 9.05. The van der Waals surface area contributed by atoms with Gasteiger partial charge in [0.1, 0.15) is 0 Å². The molecule has 1 aromatic rings. The fourth-order valence-electron chi connectivity index (χ4n) is 2.35. The predicted molar refractivity (Wildman–Crippen MR) is 70.2 cm³/mol. The Kier molecular flexibility index (Phi) is 4.69. The van der Waals surface area contributed by atoms with Crippen molar-refractivity contribution in [3.63, 3.8) is 0 Å². The van der Waals surface area contributed by atoms with Crippen LogP contribution in [-0.2, 0) is 6.18 Å². The number of likely N-dealkylation sites (tertiary alicyclic amines) is 1. The largest absolute Gasteiger partial charge is 0.416 e. The predicted octanol–water partition coefficient (Wildman–Crippen LogP) is 3.60. The second kappa shape index (κ2) is 6.28. The van der Waals surface area contributed by atoms with Gasteiger partial charge in [-0.05, 0) is 44.1 Å². The summed E-state index contributed by atoms with van der Waals surface area (Å²) in [4.78, 5) is 2.35. The van der Waals surface area contributed by atoms with Crippen LogP contribution in [0, 0.1) is 0 Å². The maximum atomic E-state index is 12.5. The molecule has 0 aliphatic carbocycles. The summed E-state index contributed by atoms with van der Waals surface area (Å²) < 4.78 is 37.6. The highest BCUT2D eigenvalue weighted by Gasteiger charge is 2.30. The second-order valence-electron chi connectivity index (χ2n) is 4.91. The highest BCUT2D eigenvalue weighted by molar-refractivity contribution is 5.46. The van der Waals surface area contributed by atoms with Gasteiger partial charge in [-0.1, -0.05) is 12.5 Å². The molecule has 0 aromatic heterocycles. The van der Waals surface area contributed by atoms with Gasteiger partial charge >= 0.3 is 6.18 Å². The summed E-state index contributed by atoms with van der Waals surface area (Å²) in [6.07, 6.45) is -0.533. The van der Waals surface area contributed by atoms with E-state index in [1.54, 1.807) is 6.07 Å². The highest BCUT2D eigenvalue weighted by atomic mass is 19.4. The first-order valence-corrected chi connectivity index (χ1v) is 6.69. The molecule has 5 heteroatoms. The minimum absolute atomic E-state index is 0.534. The van der Waals surface area contributed by atoms with Gasteiger partial charge in [-0.25, -0.2) is 0 Å². The summed E-state index contributed by atoms with van der Waals surface area (Å²) in [6.45, 7) is 3.77. The van der Waals surface area contributed by atoms with E-state index in [4.69, 9.17) is 0 Å². The molecule has 19 heavy (non-hydrogen) atoms. The van der Waals surface area contributed by atoms with Crippen molar-refractivity contribution in [3.8, 4) is 0 Å². The fraction of sp³-hybridized carbons (Fsp3) is 0.571. The van der Waals surface area contributed by atoms with Crippen LogP contribution in [0.3, 0.4) is 0 Å². The first-order valence-electron chi connectivity index (χ1n) is 6.69. The number of alkyl halides is 3. The zero-order valence-corrected chi connectivity index (χ0v) is 10.8. The van der Waals surface area contributed by atoms with E-state index in [9.17, 15) is 13.2 Å². The van der Waals surface area contributed by atoms with E-state index in [-0.39, 0.29) is 0 Å². The molecule has 2 nitrogen and oxygen atoms in total. The molecule has 0 spiro atoms. The van der Waals surface area contributed by atoms with Crippen molar-refractivity contribution in [3.05, 3.63) is 29.8 Å². The molecule has 0 saturated carbocycles. The first kappa shape index (κ1) is 14.2. The number of hydrogen-bond acceptors (Lipinski definition) is 2. The number of hydrogen-bond donors (Lipinski definition) is 1. The molecular formula is C14H19F3N2. The van der Waals surface area contributed by atoms with E-state index in [2.05, 4.69) is 10.2 Å². The molecule has 2 rings (SSSR count). The standard InChI is InChI=1S/C14H19F3N2/c15-14(16,17)12-5-4-6-13(11-12)18-7-10-19-8-2-1-3-9-19/h4-6,11,18H,1-3,7-10H2. The lowest BCUT2D eigenvalue weighted by molar-refractivity contribution is -0.137. The van der Waals surface area contributed by atoms with Crippen molar-refractivity contribution in [2.24, 2.45) is 0 Å². The Morgan fingerprint density at radius 3 is 2.53 bits per heavy atom. The normalized spacial score (nSPS) is 17.4. The van der Waals surface area contributed by atoms with Crippen LogP contribution in [0.25, 0.3) is 0 Å². The number of nitrogens with zero attached hydrogens (tertiary/aromatic N) is 1. The number of halogens is 3. The van der Waals surface area contributed by atoms with Crippen molar-refractivity contribution >= 4 is 5.69 Å². The fourth-order valence-corrected chi connectivity index (χ4v) is 2.35. The third-order valence-electron chi connectivity index (χ3n) is 3.40. The molecule has 106 valence electrons. The van der Waals surface area contributed by atoms with Crippen molar-refractivity contribution in [2.75, 3.05) is 31.5 Å². The number of rotatable bonds is 4. The van der Waals surface area contributed by atoms with Crippen molar-refractivity contribution in [1.29, 1.82) is 0 Å². The molecular weight excluding hydrogens is 253 g/mol. The van der Waals surface area contributed by atoms with E-state index < -0.39 is 11.7 Å². The molecule has 1 N–H and O–H groups in total. The smallest absolute Gasteiger partial charge is 0.384 e. The summed E-state index contributed by atoms with van der Waals surface area (Å²) in [5.41, 5.74) is -0.0673. The van der Waals surface area contributed by atoms with Crippen LogP contribution >= 0.6 is 0 Å². The highest BCUT2D eigenvalue weighted by Crippen LogP contribution is 2.30. The molecule has 1 saturated heterocycles. The minimum Gasteiger partial charge on any atom is -0.384 e. The van der Waals surface area contributed by atoms with Crippen LogP contribution in [0.15, 0.2) is 24.3 Å². The Morgan fingerprint density at radius 1 is 1.11 bits per heavy atom. The SMILES string of the molecule is FC(F)(F)c1cccc(NCCN2CCCCC2)c1. The topological polar surface area (TPSA) is 15.3 Å². The maximum Gasteiger partial charge on any atom is 0.416 e. The van der Waals surface area contributed by atoms with Crippen LogP contribution in [0.4, 0.5) is 18.9 Å². The van der Waals surface area contributed by atoms with E-state index in [1.807, 2.05) is 0 Å². The van der Waals surface area contributed by atoms with E-state index in [0.29, 0.717) is 12.2 Å². The molecule has 0 atom stereocenters. The van der Waals surface area contributed by atoms with Gasteiger partial charge in [0.15, 0.2) is 0 Å².